The summed E-state index contributed by atoms with van der Waals surface area (Å²) < 4.78 is 22.1. The summed E-state index contributed by atoms with van der Waals surface area (Å²) in [6.45, 7) is 0. The average molecular weight is 219 g/mol. The third-order valence-corrected chi connectivity index (χ3v) is 3.52. The molecule has 0 radical (unpaired) electrons. The molecular formula is C6H13N5O2S. The van der Waals surface area contributed by atoms with Crippen LogP contribution in [0.3, 0.4) is 0 Å². The van der Waals surface area contributed by atoms with E-state index in [4.69, 9.17) is 17.2 Å². The Morgan fingerprint density at radius 1 is 1.29 bits per heavy atom. The minimum Gasteiger partial charge on any atom is -0.370 e. The quantitative estimate of drug-likeness (QED) is 0.338. The van der Waals surface area contributed by atoms with Crippen molar-refractivity contribution in [3.8, 4) is 0 Å². The van der Waals surface area contributed by atoms with Crippen LogP contribution in [-0.2, 0) is 9.84 Å². The van der Waals surface area contributed by atoms with Crippen LogP contribution in [0.2, 0.25) is 0 Å². The summed E-state index contributed by atoms with van der Waals surface area (Å²) >= 11 is 0. The van der Waals surface area contributed by atoms with Crippen molar-refractivity contribution in [2.24, 2.45) is 27.2 Å². The van der Waals surface area contributed by atoms with E-state index < -0.39 is 9.84 Å². The molecule has 1 fully saturated rings. The fraction of sp³-hybridized carbons (Fsp3) is 0.667. The Balaban J connectivity index is 2.67. The Labute approximate surface area is 82.0 Å². The SMILES string of the molecule is NC(N)=NC(N)=NC1CCS(=O)(=O)C1. The van der Waals surface area contributed by atoms with E-state index in [0.29, 0.717) is 6.42 Å². The minimum absolute atomic E-state index is 0.0215. The van der Waals surface area contributed by atoms with Gasteiger partial charge in [-0.3, -0.25) is 0 Å². The summed E-state index contributed by atoms with van der Waals surface area (Å²) in [5.41, 5.74) is 15.5. The van der Waals surface area contributed by atoms with Gasteiger partial charge >= 0.3 is 0 Å². The van der Waals surface area contributed by atoms with Gasteiger partial charge in [0.15, 0.2) is 15.8 Å². The maximum absolute atomic E-state index is 11.0. The third kappa shape index (κ3) is 3.21. The van der Waals surface area contributed by atoms with E-state index in [9.17, 15) is 8.42 Å². The van der Waals surface area contributed by atoms with E-state index in [1.807, 2.05) is 0 Å². The van der Waals surface area contributed by atoms with Gasteiger partial charge in [-0.15, -0.1) is 0 Å². The predicted octanol–water partition coefficient (Wildman–Crippen LogP) is -2.24. The van der Waals surface area contributed by atoms with E-state index in [-0.39, 0.29) is 29.5 Å². The molecule has 0 spiro atoms. The first-order valence-electron chi connectivity index (χ1n) is 4.02. The molecule has 0 aliphatic carbocycles. The van der Waals surface area contributed by atoms with Crippen molar-refractivity contribution in [3.05, 3.63) is 0 Å². The Bertz CT molecular complexity index is 368. The lowest BCUT2D eigenvalue weighted by Crippen LogP contribution is -2.27. The number of nitrogens with zero attached hydrogens (tertiary/aromatic N) is 2. The van der Waals surface area contributed by atoms with Crippen molar-refractivity contribution >= 4 is 21.8 Å². The number of rotatable bonds is 1. The Kier molecular flexibility index (Phi) is 2.94. The standard InChI is InChI=1S/C6H13N5O2S/c7-5(8)11-6(9)10-4-1-2-14(12,13)3-4/h4H,1-3H2,(H6,7,8,9,10,11). The zero-order valence-electron chi connectivity index (χ0n) is 7.55. The topological polar surface area (TPSA) is 137 Å². The molecule has 7 nitrogen and oxygen atoms in total. The van der Waals surface area contributed by atoms with Crippen LogP contribution in [0.15, 0.2) is 9.98 Å². The fourth-order valence-electron chi connectivity index (χ4n) is 1.23. The first-order valence-corrected chi connectivity index (χ1v) is 5.84. The second kappa shape index (κ2) is 3.82. The van der Waals surface area contributed by atoms with Gasteiger partial charge in [0.1, 0.15) is 0 Å². The first-order chi connectivity index (χ1) is 6.39. The first kappa shape index (κ1) is 10.8. The summed E-state index contributed by atoms with van der Waals surface area (Å²) in [5.74, 6) is -0.0940. The summed E-state index contributed by atoms with van der Waals surface area (Å²) in [7, 11) is -2.94. The second-order valence-electron chi connectivity index (χ2n) is 3.08. The highest BCUT2D eigenvalue weighted by atomic mass is 32.2. The van der Waals surface area contributed by atoms with Crippen molar-refractivity contribution in [1.29, 1.82) is 0 Å². The molecule has 80 valence electrons. The molecule has 0 aromatic rings. The molecule has 0 aromatic heterocycles. The van der Waals surface area contributed by atoms with Crippen molar-refractivity contribution in [2.75, 3.05) is 11.5 Å². The average Bonchev–Trinajstić information content (AvgIpc) is 2.27. The maximum atomic E-state index is 11.0. The number of nitrogens with two attached hydrogens (primary N) is 3. The molecule has 1 rings (SSSR count). The molecule has 6 N–H and O–H groups in total. The third-order valence-electron chi connectivity index (χ3n) is 1.77. The molecule has 1 aliphatic rings. The molecule has 1 saturated heterocycles. The normalized spacial score (nSPS) is 26.0. The van der Waals surface area contributed by atoms with Gasteiger partial charge in [0, 0.05) is 0 Å². The lowest BCUT2D eigenvalue weighted by molar-refractivity contribution is 0.601. The lowest BCUT2D eigenvalue weighted by Gasteiger charge is -2.00. The fourth-order valence-corrected chi connectivity index (χ4v) is 2.85. The van der Waals surface area contributed by atoms with Gasteiger partial charge in [-0.25, -0.2) is 13.4 Å². The Morgan fingerprint density at radius 3 is 2.36 bits per heavy atom. The van der Waals surface area contributed by atoms with Gasteiger partial charge in [-0.1, -0.05) is 0 Å². The molecule has 0 saturated carbocycles. The number of hydrogen-bond acceptors (Lipinski definition) is 3. The largest absolute Gasteiger partial charge is 0.370 e. The van der Waals surface area contributed by atoms with Crippen molar-refractivity contribution in [3.63, 3.8) is 0 Å². The van der Waals surface area contributed by atoms with Gasteiger partial charge < -0.3 is 17.2 Å². The van der Waals surface area contributed by atoms with Gasteiger partial charge in [-0.05, 0) is 6.42 Å². The highest BCUT2D eigenvalue weighted by Gasteiger charge is 2.27. The lowest BCUT2D eigenvalue weighted by atomic mass is 10.3. The van der Waals surface area contributed by atoms with E-state index in [0.717, 1.165) is 0 Å². The van der Waals surface area contributed by atoms with Gasteiger partial charge in [0.05, 0.1) is 17.5 Å². The molecule has 1 unspecified atom stereocenters. The van der Waals surface area contributed by atoms with E-state index in [1.165, 1.54) is 0 Å². The van der Waals surface area contributed by atoms with Crippen molar-refractivity contribution in [2.45, 2.75) is 12.5 Å². The van der Waals surface area contributed by atoms with Crippen LogP contribution in [0.4, 0.5) is 0 Å². The summed E-state index contributed by atoms with van der Waals surface area (Å²) in [6.07, 6.45) is 0.475. The second-order valence-corrected chi connectivity index (χ2v) is 5.31. The van der Waals surface area contributed by atoms with Gasteiger partial charge in [0.2, 0.25) is 5.96 Å². The molecule has 0 aromatic carbocycles. The molecule has 0 bridgehead atoms. The van der Waals surface area contributed by atoms with Crippen LogP contribution in [0.5, 0.6) is 0 Å². The Morgan fingerprint density at radius 2 is 1.93 bits per heavy atom. The van der Waals surface area contributed by atoms with Gasteiger partial charge in [-0.2, -0.15) is 4.99 Å². The van der Waals surface area contributed by atoms with Crippen LogP contribution in [0.1, 0.15) is 6.42 Å². The number of sulfone groups is 1. The van der Waals surface area contributed by atoms with Crippen LogP contribution >= 0.6 is 0 Å². The zero-order valence-corrected chi connectivity index (χ0v) is 8.37. The Hall–Kier alpha value is -1.31. The highest BCUT2D eigenvalue weighted by Crippen LogP contribution is 2.14. The molecule has 8 heteroatoms. The molecule has 1 heterocycles. The molecule has 1 atom stereocenters. The van der Waals surface area contributed by atoms with E-state index in [2.05, 4.69) is 9.98 Å². The molecule has 1 aliphatic heterocycles. The van der Waals surface area contributed by atoms with Crippen molar-refractivity contribution < 1.29 is 8.42 Å². The van der Waals surface area contributed by atoms with Crippen molar-refractivity contribution in [1.82, 2.24) is 0 Å². The van der Waals surface area contributed by atoms with Crippen LogP contribution in [-0.4, -0.2) is 37.9 Å². The molecule has 0 amide bonds. The number of guanidine groups is 2. The van der Waals surface area contributed by atoms with E-state index >= 15 is 0 Å². The summed E-state index contributed by atoms with van der Waals surface area (Å²) in [5, 5.41) is 0. The van der Waals surface area contributed by atoms with Crippen LogP contribution in [0.25, 0.3) is 0 Å². The van der Waals surface area contributed by atoms with Crippen LogP contribution in [0, 0.1) is 0 Å². The highest BCUT2D eigenvalue weighted by molar-refractivity contribution is 7.91. The smallest absolute Gasteiger partial charge is 0.218 e. The minimum atomic E-state index is -2.94. The predicted molar refractivity (Wildman–Crippen MR) is 54.5 cm³/mol. The number of hydrogen-bond donors (Lipinski definition) is 3. The van der Waals surface area contributed by atoms with E-state index in [1.54, 1.807) is 0 Å². The van der Waals surface area contributed by atoms with Crippen LogP contribution < -0.4 is 17.2 Å². The molecule has 14 heavy (non-hydrogen) atoms. The zero-order chi connectivity index (χ0) is 10.8. The van der Waals surface area contributed by atoms with Gasteiger partial charge in [0.25, 0.3) is 0 Å². The molecular weight excluding hydrogens is 206 g/mol. The monoisotopic (exact) mass is 219 g/mol. The maximum Gasteiger partial charge on any atom is 0.218 e. The summed E-state index contributed by atoms with van der Waals surface area (Å²) in [4.78, 5) is 7.37. The summed E-state index contributed by atoms with van der Waals surface area (Å²) in [6, 6.07) is -0.317. The number of aliphatic imine (C=N–C) groups is 2.